The molecule has 2 amide bonds. The van der Waals surface area contributed by atoms with Gasteiger partial charge in [-0.2, -0.15) is 0 Å². The fourth-order valence-electron chi connectivity index (χ4n) is 1.52. The van der Waals surface area contributed by atoms with Gasteiger partial charge in [0, 0.05) is 24.7 Å². The van der Waals surface area contributed by atoms with Crippen molar-refractivity contribution in [1.82, 2.24) is 20.6 Å². The van der Waals surface area contributed by atoms with Gasteiger partial charge in [-0.25, -0.2) is 9.78 Å². The van der Waals surface area contributed by atoms with Gasteiger partial charge in [-0.1, -0.05) is 0 Å². The Hall–Kier alpha value is -2.38. The van der Waals surface area contributed by atoms with Crippen LogP contribution in [0.25, 0.3) is 0 Å². The van der Waals surface area contributed by atoms with E-state index < -0.39 is 12.1 Å². The van der Waals surface area contributed by atoms with Crippen LogP contribution in [-0.4, -0.2) is 41.7 Å². The van der Waals surface area contributed by atoms with Crippen LogP contribution in [-0.2, 0) is 16.0 Å². The number of hydrogen-bond donors (Lipinski definition) is 3. The molecule has 0 bridgehead atoms. The second kappa shape index (κ2) is 7.27. The molecule has 0 unspecified atom stereocenters. The minimum Gasteiger partial charge on any atom is -0.453 e. The zero-order valence-corrected chi connectivity index (χ0v) is 11.6. The number of aromatic amines is 1. The minimum atomic E-state index is -0.702. The van der Waals surface area contributed by atoms with Gasteiger partial charge in [0.05, 0.1) is 7.11 Å². The van der Waals surface area contributed by atoms with Crippen molar-refractivity contribution in [3.8, 4) is 0 Å². The molecule has 0 fully saturated rings. The number of alkyl carbamates (subject to hydrolysis) is 1. The zero-order chi connectivity index (χ0) is 15.1. The molecule has 1 atom stereocenters. The summed E-state index contributed by atoms with van der Waals surface area (Å²) in [4.78, 5) is 40.5. The van der Waals surface area contributed by atoms with Crippen molar-refractivity contribution < 1.29 is 14.3 Å². The maximum Gasteiger partial charge on any atom is 0.407 e. The van der Waals surface area contributed by atoms with Gasteiger partial charge < -0.3 is 20.4 Å². The van der Waals surface area contributed by atoms with Crippen molar-refractivity contribution in [2.45, 2.75) is 26.3 Å². The van der Waals surface area contributed by atoms with Gasteiger partial charge in [-0.3, -0.25) is 9.59 Å². The maximum absolute atomic E-state index is 11.6. The van der Waals surface area contributed by atoms with Crippen LogP contribution in [0.3, 0.4) is 0 Å². The molecule has 1 rings (SSSR count). The van der Waals surface area contributed by atoms with Crippen LogP contribution in [0.5, 0.6) is 0 Å². The highest BCUT2D eigenvalue weighted by molar-refractivity contribution is 5.85. The Morgan fingerprint density at radius 3 is 2.80 bits per heavy atom. The van der Waals surface area contributed by atoms with Gasteiger partial charge >= 0.3 is 6.09 Å². The number of aryl methyl sites for hydroxylation is 1. The number of rotatable bonds is 5. The Labute approximate surface area is 115 Å². The summed E-state index contributed by atoms with van der Waals surface area (Å²) in [5, 5.41) is 4.98. The van der Waals surface area contributed by atoms with Gasteiger partial charge in [-0.15, -0.1) is 0 Å². The van der Waals surface area contributed by atoms with E-state index in [0.29, 0.717) is 24.5 Å². The molecule has 1 aromatic heterocycles. The van der Waals surface area contributed by atoms with E-state index in [9.17, 15) is 14.4 Å². The molecule has 0 aromatic carbocycles. The van der Waals surface area contributed by atoms with Gasteiger partial charge in [0.1, 0.15) is 11.9 Å². The number of H-pyrrole nitrogens is 1. The second-order valence-electron chi connectivity index (χ2n) is 4.23. The number of hydrogen-bond acceptors (Lipinski definition) is 5. The van der Waals surface area contributed by atoms with E-state index in [0.717, 1.165) is 0 Å². The Morgan fingerprint density at radius 1 is 1.50 bits per heavy atom. The molecule has 8 heteroatoms. The van der Waals surface area contributed by atoms with Crippen molar-refractivity contribution in [2.75, 3.05) is 13.7 Å². The molecule has 20 heavy (non-hydrogen) atoms. The summed E-state index contributed by atoms with van der Waals surface area (Å²) < 4.78 is 4.39. The summed E-state index contributed by atoms with van der Waals surface area (Å²) >= 11 is 0. The highest BCUT2D eigenvalue weighted by atomic mass is 16.5. The fraction of sp³-hybridized carbons (Fsp3) is 0.500. The number of carbonyl (C=O) groups is 2. The summed E-state index contributed by atoms with van der Waals surface area (Å²) in [6.45, 7) is 3.57. The number of methoxy groups -OCH3 is 1. The molecule has 0 aliphatic carbocycles. The third kappa shape index (κ3) is 5.09. The van der Waals surface area contributed by atoms with Crippen molar-refractivity contribution in [1.29, 1.82) is 0 Å². The molecule has 0 radical (unpaired) electrons. The molecule has 3 N–H and O–H groups in total. The number of ether oxygens (including phenoxy) is 1. The molecule has 1 aromatic rings. The normalized spacial score (nSPS) is 11.6. The molecule has 0 saturated heterocycles. The highest BCUT2D eigenvalue weighted by Crippen LogP contribution is 1.91. The molecular formula is C12H18N4O4. The summed E-state index contributed by atoms with van der Waals surface area (Å²) in [7, 11) is 1.22. The monoisotopic (exact) mass is 282 g/mol. The molecule has 0 saturated carbocycles. The van der Waals surface area contributed by atoms with Crippen LogP contribution in [0.15, 0.2) is 10.9 Å². The van der Waals surface area contributed by atoms with E-state index in [2.05, 4.69) is 25.3 Å². The molecule has 0 spiro atoms. The van der Waals surface area contributed by atoms with E-state index in [-0.39, 0.29) is 11.5 Å². The summed E-state index contributed by atoms with van der Waals surface area (Å²) in [5.41, 5.74) is 0.398. The van der Waals surface area contributed by atoms with Crippen molar-refractivity contribution in [3.63, 3.8) is 0 Å². The van der Waals surface area contributed by atoms with Crippen molar-refractivity contribution >= 4 is 12.0 Å². The average molecular weight is 282 g/mol. The van der Waals surface area contributed by atoms with E-state index in [1.165, 1.54) is 13.2 Å². The van der Waals surface area contributed by atoms with Crippen LogP contribution < -0.4 is 16.2 Å². The molecule has 8 nitrogen and oxygen atoms in total. The van der Waals surface area contributed by atoms with Crippen LogP contribution in [0, 0.1) is 6.92 Å². The summed E-state index contributed by atoms with van der Waals surface area (Å²) in [6.07, 6.45) is -0.273. The largest absolute Gasteiger partial charge is 0.453 e. The SMILES string of the molecule is COC(=O)N[C@@H](C)C(=O)NCCc1nc(C)cc(=O)[nH]1. The Morgan fingerprint density at radius 2 is 2.20 bits per heavy atom. The Bertz CT molecular complexity index is 541. The first-order valence-electron chi connectivity index (χ1n) is 6.11. The maximum atomic E-state index is 11.6. The summed E-state index contributed by atoms with van der Waals surface area (Å²) in [5.74, 6) is 0.161. The van der Waals surface area contributed by atoms with Gasteiger partial charge in [0.25, 0.3) is 5.56 Å². The molecule has 1 heterocycles. The van der Waals surface area contributed by atoms with Crippen LogP contribution in [0.2, 0.25) is 0 Å². The quantitative estimate of drug-likeness (QED) is 0.672. The van der Waals surface area contributed by atoms with Gasteiger partial charge in [-0.05, 0) is 13.8 Å². The van der Waals surface area contributed by atoms with Crippen LogP contribution in [0.4, 0.5) is 4.79 Å². The Balaban J connectivity index is 2.41. The van der Waals surface area contributed by atoms with Gasteiger partial charge in [0.2, 0.25) is 5.91 Å². The van der Waals surface area contributed by atoms with Crippen molar-refractivity contribution in [3.05, 3.63) is 27.9 Å². The van der Waals surface area contributed by atoms with E-state index in [4.69, 9.17) is 0 Å². The third-order valence-corrected chi connectivity index (χ3v) is 2.49. The predicted molar refractivity (Wildman–Crippen MR) is 71.3 cm³/mol. The Kier molecular flexibility index (Phi) is 5.70. The zero-order valence-electron chi connectivity index (χ0n) is 11.6. The summed E-state index contributed by atoms with van der Waals surface area (Å²) in [6, 6.07) is 0.691. The second-order valence-corrected chi connectivity index (χ2v) is 4.23. The molecule has 0 aliphatic rings. The standard InChI is InChI=1S/C12H18N4O4/c1-7-6-10(17)16-9(14-7)4-5-13-11(18)8(2)15-12(19)20-3/h6,8H,4-5H2,1-3H3,(H,13,18)(H,15,19)(H,14,16,17)/t8-/m0/s1. The van der Waals surface area contributed by atoms with E-state index in [1.54, 1.807) is 13.8 Å². The first-order chi connectivity index (χ1) is 9.42. The minimum absolute atomic E-state index is 0.223. The molecule has 110 valence electrons. The highest BCUT2D eigenvalue weighted by Gasteiger charge is 2.15. The van der Waals surface area contributed by atoms with Gasteiger partial charge in [0.15, 0.2) is 0 Å². The van der Waals surface area contributed by atoms with Crippen LogP contribution in [0.1, 0.15) is 18.4 Å². The molecule has 0 aliphatic heterocycles. The topological polar surface area (TPSA) is 113 Å². The predicted octanol–water partition coefficient (Wildman–Crippen LogP) is -0.518. The lowest BCUT2D eigenvalue weighted by atomic mass is 10.3. The number of nitrogens with zero attached hydrogens (tertiary/aromatic N) is 1. The van der Waals surface area contributed by atoms with E-state index in [1.807, 2.05) is 0 Å². The number of aromatic nitrogens is 2. The smallest absolute Gasteiger partial charge is 0.407 e. The average Bonchev–Trinajstić information content (AvgIpc) is 2.37. The number of nitrogens with one attached hydrogen (secondary N) is 3. The number of carbonyl (C=O) groups excluding carboxylic acids is 2. The first-order valence-corrected chi connectivity index (χ1v) is 6.11. The fourth-order valence-corrected chi connectivity index (χ4v) is 1.52. The lowest BCUT2D eigenvalue weighted by molar-refractivity contribution is -0.122. The lowest BCUT2D eigenvalue weighted by Gasteiger charge is -2.12. The van der Waals surface area contributed by atoms with E-state index >= 15 is 0 Å². The first kappa shape index (κ1) is 15.7. The number of amides is 2. The molecular weight excluding hydrogens is 264 g/mol. The van der Waals surface area contributed by atoms with Crippen molar-refractivity contribution in [2.24, 2.45) is 0 Å². The lowest BCUT2D eigenvalue weighted by Crippen LogP contribution is -2.45. The third-order valence-electron chi connectivity index (χ3n) is 2.49. The van der Waals surface area contributed by atoms with Crippen LogP contribution >= 0.6 is 0 Å².